The van der Waals surface area contributed by atoms with Crippen molar-refractivity contribution in [2.24, 2.45) is 0 Å². The molecule has 0 unspecified atom stereocenters. The smallest absolute Gasteiger partial charge is 0.307 e. The van der Waals surface area contributed by atoms with Crippen LogP contribution in [-0.2, 0) is 12.0 Å². The molecule has 0 saturated heterocycles. The fourth-order valence-electron chi connectivity index (χ4n) is 3.64. The number of nitro groups is 1. The molecule has 0 aliphatic carbocycles. The summed E-state index contributed by atoms with van der Waals surface area (Å²) in [6, 6.07) is 19.7. The molecule has 1 heterocycles. The highest BCUT2D eigenvalue weighted by molar-refractivity contribution is 6.03. The Labute approximate surface area is 218 Å². The average Bonchev–Trinajstić information content (AvgIpc) is 3.40. The largest absolute Gasteiger partial charge is 0.326 e. The number of nitro benzene ring substituents is 1. The summed E-state index contributed by atoms with van der Waals surface area (Å²) in [5.74, 6) is -0.349. The monoisotopic (exact) mass is 514 g/mol. The third kappa shape index (κ3) is 6.35. The predicted molar refractivity (Wildman–Crippen MR) is 142 cm³/mol. The Bertz CT molecular complexity index is 1430. The molecule has 38 heavy (non-hydrogen) atoms. The molecule has 3 amide bonds. The third-order valence-corrected chi connectivity index (χ3v) is 5.73. The molecule has 12 nitrogen and oxygen atoms in total. The van der Waals surface area contributed by atoms with Gasteiger partial charge in [0.1, 0.15) is 0 Å². The van der Waals surface area contributed by atoms with E-state index in [0.29, 0.717) is 16.9 Å². The molecule has 0 saturated carbocycles. The van der Waals surface area contributed by atoms with Crippen LogP contribution in [0.25, 0.3) is 0 Å². The van der Waals surface area contributed by atoms with Crippen molar-refractivity contribution >= 4 is 34.9 Å². The van der Waals surface area contributed by atoms with Crippen molar-refractivity contribution in [3.63, 3.8) is 0 Å². The van der Waals surface area contributed by atoms with Gasteiger partial charge in [-0.1, -0.05) is 56.2 Å². The van der Waals surface area contributed by atoms with Gasteiger partial charge in [-0.2, -0.15) is 5.21 Å². The number of nitrogens with one attached hydrogen (secondary N) is 3. The number of aromatic amines is 1. The number of benzene rings is 3. The van der Waals surface area contributed by atoms with E-state index < -0.39 is 16.9 Å². The molecule has 1 aromatic heterocycles. The summed E-state index contributed by atoms with van der Waals surface area (Å²) in [5.41, 5.74) is 2.99. The molecule has 194 valence electrons. The minimum absolute atomic E-state index is 0.0572. The van der Waals surface area contributed by atoms with E-state index in [4.69, 9.17) is 0 Å². The van der Waals surface area contributed by atoms with Crippen molar-refractivity contribution in [1.82, 2.24) is 20.6 Å². The molecule has 0 atom stereocenters. The zero-order valence-corrected chi connectivity index (χ0v) is 21.0. The summed E-state index contributed by atoms with van der Waals surface area (Å²) in [6.07, 6.45) is 0. The van der Waals surface area contributed by atoms with Crippen molar-refractivity contribution in [2.75, 3.05) is 15.5 Å². The maximum absolute atomic E-state index is 13.4. The van der Waals surface area contributed by atoms with Gasteiger partial charge >= 0.3 is 6.03 Å². The number of rotatable bonds is 7. The first-order valence-corrected chi connectivity index (χ1v) is 11.7. The Hall–Kier alpha value is -5.13. The van der Waals surface area contributed by atoms with Crippen LogP contribution in [0.4, 0.5) is 27.8 Å². The Morgan fingerprint density at radius 3 is 2.32 bits per heavy atom. The van der Waals surface area contributed by atoms with E-state index >= 15 is 0 Å². The predicted octanol–water partition coefficient (Wildman–Crippen LogP) is 4.90. The molecule has 0 spiro atoms. The number of hydrogen-bond acceptors (Lipinski definition) is 7. The summed E-state index contributed by atoms with van der Waals surface area (Å²) in [5, 5.41) is 29.5. The molecular formula is C26H26N8O4. The minimum Gasteiger partial charge on any atom is -0.307 e. The summed E-state index contributed by atoms with van der Waals surface area (Å²) in [4.78, 5) is 38.0. The number of anilines is 3. The van der Waals surface area contributed by atoms with Crippen LogP contribution in [0.2, 0.25) is 0 Å². The number of carbonyl (C=O) groups excluding carboxylic acids is 2. The third-order valence-electron chi connectivity index (χ3n) is 5.73. The van der Waals surface area contributed by atoms with Gasteiger partial charge in [0.15, 0.2) is 0 Å². The molecule has 4 rings (SSSR count). The molecule has 0 radical (unpaired) electrons. The van der Waals surface area contributed by atoms with Gasteiger partial charge < -0.3 is 5.32 Å². The molecule has 3 aromatic carbocycles. The first-order chi connectivity index (χ1) is 18.1. The summed E-state index contributed by atoms with van der Waals surface area (Å²) in [6.45, 7) is 6.49. The molecule has 12 heteroatoms. The highest BCUT2D eigenvalue weighted by Crippen LogP contribution is 2.27. The second-order valence-corrected chi connectivity index (χ2v) is 9.51. The molecule has 0 fully saturated rings. The average molecular weight is 515 g/mol. The number of non-ortho nitro benzene ring substituents is 1. The van der Waals surface area contributed by atoms with Gasteiger partial charge in [0, 0.05) is 29.1 Å². The van der Waals surface area contributed by atoms with E-state index in [1.54, 1.807) is 30.3 Å². The Morgan fingerprint density at radius 1 is 1.00 bits per heavy atom. The number of carbonyl (C=O) groups is 2. The summed E-state index contributed by atoms with van der Waals surface area (Å²) < 4.78 is 0. The van der Waals surface area contributed by atoms with E-state index in [2.05, 4.69) is 52.0 Å². The molecule has 0 bridgehead atoms. The van der Waals surface area contributed by atoms with Crippen LogP contribution < -0.4 is 15.5 Å². The van der Waals surface area contributed by atoms with Crippen LogP contribution in [0.1, 0.15) is 42.3 Å². The van der Waals surface area contributed by atoms with Crippen LogP contribution in [0.15, 0.2) is 72.8 Å². The first kappa shape index (κ1) is 25.9. The Balaban J connectivity index is 1.57. The SMILES string of the molecule is CC(C)(C)c1ccc(N(Cc2ccc(C(=O)Nc3nn[nH]n3)cc2)C(=O)Nc2cccc([N+](=O)[O-])c2)cc1. The second-order valence-electron chi connectivity index (χ2n) is 9.51. The number of urea groups is 1. The standard InChI is InChI=1S/C26H26N8O4/c1-26(2,3)19-11-13-21(14-12-19)33(25(36)27-20-5-4-6-22(15-20)34(37)38)16-17-7-9-18(10-8-17)23(35)28-24-29-31-32-30-24/h4-15H,16H2,1-3H3,(H,27,36)(H2,28,29,30,31,32,35). The molecule has 0 aliphatic heterocycles. The minimum atomic E-state index is -0.519. The van der Waals surface area contributed by atoms with Gasteiger partial charge in [0.25, 0.3) is 17.5 Å². The quantitative estimate of drug-likeness (QED) is 0.234. The van der Waals surface area contributed by atoms with Crippen LogP contribution in [-0.4, -0.2) is 37.5 Å². The lowest BCUT2D eigenvalue weighted by atomic mass is 9.87. The van der Waals surface area contributed by atoms with E-state index in [9.17, 15) is 19.7 Å². The Kier molecular flexibility index (Phi) is 7.42. The highest BCUT2D eigenvalue weighted by Gasteiger charge is 2.20. The number of nitrogens with zero attached hydrogens (tertiary/aromatic N) is 5. The molecule has 3 N–H and O–H groups in total. The molecule has 0 aliphatic rings. The second kappa shape index (κ2) is 10.9. The van der Waals surface area contributed by atoms with E-state index in [0.717, 1.165) is 11.1 Å². The van der Waals surface area contributed by atoms with Gasteiger partial charge in [0.2, 0.25) is 0 Å². The highest BCUT2D eigenvalue weighted by atomic mass is 16.6. The van der Waals surface area contributed by atoms with Gasteiger partial charge in [-0.05, 0) is 52.1 Å². The van der Waals surface area contributed by atoms with Crippen molar-refractivity contribution in [2.45, 2.75) is 32.7 Å². The molecular weight excluding hydrogens is 488 g/mol. The van der Waals surface area contributed by atoms with Crippen LogP contribution in [0.3, 0.4) is 0 Å². The van der Waals surface area contributed by atoms with Gasteiger partial charge in [-0.25, -0.2) is 4.79 Å². The molecule has 4 aromatic rings. The van der Waals surface area contributed by atoms with Gasteiger partial charge in [0.05, 0.1) is 11.5 Å². The number of hydrogen-bond donors (Lipinski definition) is 3. The summed E-state index contributed by atoms with van der Waals surface area (Å²) in [7, 11) is 0. The van der Waals surface area contributed by atoms with Crippen molar-refractivity contribution < 1.29 is 14.5 Å². The van der Waals surface area contributed by atoms with Crippen molar-refractivity contribution in [3.8, 4) is 0 Å². The lowest BCUT2D eigenvalue weighted by Gasteiger charge is -2.25. The number of amides is 3. The normalized spacial score (nSPS) is 11.0. The van der Waals surface area contributed by atoms with Crippen molar-refractivity contribution in [3.05, 3.63) is 99.6 Å². The van der Waals surface area contributed by atoms with E-state index in [-0.39, 0.29) is 23.6 Å². The summed E-state index contributed by atoms with van der Waals surface area (Å²) >= 11 is 0. The van der Waals surface area contributed by atoms with Crippen LogP contribution in [0.5, 0.6) is 0 Å². The fraction of sp³-hybridized carbons (Fsp3) is 0.192. The fourth-order valence-corrected chi connectivity index (χ4v) is 3.64. The van der Waals surface area contributed by atoms with Crippen molar-refractivity contribution in [1.29, 1.82) is 0 Å². The lowest BCUT2D eigenvalue weighted by Crippen LogP contribution is -2.34. The maximum atomic E-state index is 13.4. The van der Waals surface area contributed by atoms with Gasteiger partial charge in [-0.15, -0.1) is 5.10 Å². The topological polar surface area (TPSA) is 159 Å². The number of tetrazole rings is 1. The lowest BCUT2D eigenvalue weighted by molar-refractivity contribution is -0.384. The zero-order chi connectivity index (χ0) is 27.3. The number of aromatic nitrogens is 4. The Morgan fingerprint density at radius 2 is 1.71 bits per heavy atom. The first-order valence-electron chi connectivity index (χ1n) is 11.7. The van der Waals surface area contributed by atoms with Crippen LogP contribution >= 0.6 is 0 Å². The van der Waals surface area contributed by atoms with Gasteiger partial charge in [-0.3, -0.25) is 25.1 Å². The zero-order valence-electron chi connectivity index (χ0n) is 21.0. The maximum Gasteiger partial charge on any atom is 0.326 e. The van der Waals surface area contributed by atoms with Crippen LogP contribution in [0, 0.1) is 10.1 Å². The van der Waals surface area contributed by atoms with E-state index in [1.165, 1.54) is 23.1 Å². The van der Waals surface area contributed by atoms with E-state index in [1.807, 2.05) is 24.3 Å². The number of H-pyrrole nitrogens is 1.